The van der Waals surface area contributed by atoms with E-state index in [1.165, 1.54) is 52.8 Å². The zero-order chi connectivity index (χ0) is 21.9. The molecule has 0 unspecified atom stereocenters. The molecule has 1 heterocycles. The smallest absolute Gasteiger partial charge is 0.243 e. The lowest BCUT2D eigenvalue weighted by Crippen LogP contribution is -2.50. The number of benzene rings is 2. The molecule has 11 heteroatoms. The predicted octanol–water partition coefficient (Wildman–Crippen LogP) is 0.281. The summed E-state index contributed by atoms with van der Waals surface area (Å²) in [5, 5.41) is 13.9. The average Bonchev–Trinajstić information content (AvgIpc) is 2.73. The average molecular weight is 449 g/mol. The molecule has 1 aliphatic heterocycles. The molecule has 9 nitrogen and oxygen atoms in total. The molecule has 0 aromatic heterocycles. The molecule has 1 amide bonds. The summed E-state index contributed by atoms with van der Waals surface area (Å²) >= 11 is 0. The van der Waals surface area contributed by atoms with Crippen LogP contribution in [-0.4, -0.2) is 58.1 Å². The lowest BCUT2D eigenvalue weighted by Gasteiger charge is -2.34. The standard InChI is InChI=1S/C19H20N4O5S2/c20-14-16-3-7-18(8-4-16)30(27,28)23-11-9-22(10-12-23)19(24)13-15-1-5-17(6-2-15)29(21,25)26/h1-8H,9-13H2,(H2,21,25,26). The highest BCUT2D eigenvalue weighted by atomic mass is 32.2. The summed E-state index contributed by atoms with van der Waals surface area (Å²) in [7, 11) is -7.49. The van der Waals surface area contributed by atoms with E-state index in [4.69, 9.17) is 10.4 Å². The molecule has 0 spiro atoms. The minimum absolute atomic E-state index is 0.0275. The van der Waals surface area contributed by atoms with Crippen molar-refractivity contribution in [1.82, 2.24) is 9.21 Å². The predicted molar refractivity (Wildman–Crippen MR) is 108 cm³/mol. The van der Waals surface area contributed by atoms with Crippen molar-refractivity contribution in [3.8, 4) is 6.07 Å². The van der Waals surface area contributed by atoms with E-state index in [-0.39, 0.29) is 48.3 Å². The van der Waals surface area contributed by atoms with Crippen LogP contribution in [0.1, 0.15) is 11.1 Å². The Morgan fingerprint density at radius 2 is 1.43 bits per heavy atom. The minimum Gasteiger partial charge on any atom is -0.340 e. The van der Waals surface area contributed by atoms with Crippen LogP contribution in [0.25, 0.3) is 0 Å². The van der Waals surface area contributed by atoms with Crippen LogP contribution in [0.3, 0.4) is 0 Å². The van der Waals surface area contributed by atoms with E-state index in [0.717, 1.165) is 0 Å². The maximum absolute atomic E-state index is 12.7. The van der Waals surface area contributed by atoms with Gasteiger partial charge in [-0.15, -0.1) is 0 Å². The van der Waals surface area contributed by atoms with Gasteiger partial charge < -0.3 is 4.90 Å². The van der Waals surface area contributed by atoms with Gasteiger partial charge in [0.05, 0.1) is 27.8 Å². The van der Waals surface area contributed by atoms with E-state index in [0.29, 0.717) is 11.1 Å². The van der Waals surface area contributed by atoms with Gasteiger partial charge in [-0.2, -0.15) is 9.57 Å². The van der Waals surface area contributed by atoms with Gasteiger partial charge in [0.2, 0.25) is 26.0 Å². The number of piperazine rings is 1. The highest BCUT2D eigenvalue weighted by molar-refractivity contribution is 7.89. The monoisotopic (exact) mass is 448 g/mol. The number of nitrogens with zero attached hydrogens (tertiary/aromatic N) is 3. The number of nitriles is 1. The molecule has 1 fully saturated rings. The Labute approximate surface area is 175 Å². The summed E-state index contributed by atoms with van der Waals surface area (Å²) in [5.41, 5.74) is 1.02. The van der Waals surface area contributed by atoms with Crippen LogP contribution in [0.15, 0.2) is 58.3 Å². The third kappa shape index (κ3) is 4.85. The van der Waals surface area contributed by atoms with E-state index in [2.05, 4.69) is 0 Å². The Morgan fingerprint density at radius 3 is 1.93 bits per heavy atom. The summed E-state index contributed by atoms with van der Waals surface area (Å²) < 4.78 is 49.4. The number of primary sulfonamides is 1. The largest absolute Gasteiger partial charge is 0.340 e. The van der Waals surface area contributed by atoms with E-state index < -0.39 is 20.0 Å². The first kappa shape index (κ1) is 21.9. The Hall–Kier alpha value is -2.78. The first-order valence-corrected chi connectivity index (χ1v) is 12.0. The molecule has 1 saturated heterocycles. The van der Waals surface area contributed by atoms with Gasteiger partial charge in [0, 0.05) is 26.2 Å². The SMILES string of the molecule is N#Cc1ccc(S(=O)(=O)N2CCN(C(=O)Cc3ccc(S(N)(=O)=O)cc3)CC2)cc1. The Morgan fingerprint density at radius 1 is 0.900 bits per heavy atom. The second-order valence-corrected chi connectivity index (χ2v) is 10.3. The van der Waals surface area contributed by atoms with Crippen LogP contribution in [0.5, 0.6) is 0 Å². The van der Waals surface area contributed by atoms with E-state index >= 15 is 0 Å². The molecule has 2 N–H and O–H groups in total. The number of rotatable bonds is 5. The maximum Gasteiger partial charge on any atom is 0.243 e. The third-order valence-corrected chi connectivity index (χ3v) is 7.66. The van der Waals surface area contributed by atoms with Gasteiger partial charge in [-0.05, 0) is 42.0 Å². The highest BCUT2D eigenvalue weighted by Crippen LogP contribution is 2.19. The zero-order valence-electron chi connectivity index (χ0n) is 15.9. The number of nitrogens with two attached hydrogens (primary N) is 1. The highest BCUT2D eigenvalue weighted by Gasteiger charge is 2.30. The number of sulfonamides is 2. The van der Waals surface area contributed by atoms with Crippen molar-refractivity contribution in [1.29, 1.82) is 5.26 Å². The number of amides is 1. The summed E-state index contributed by atoms with van der Waals surface area (Å²) in [5.74, 6) is -0.172. The molecule has 0 atom stereocenters. The minimum atomic E-state index is -3.79. The number of carbonyl (C=O) groups excluding carboxylic acids is 1. The van der Waals surface area contributed by atoms with Crippen molar-refractivity contribution in [3.63, 3.8) is 0 Å². The number of hydrogen-bond acceptors (Lipinski definition) is 6. The topological polar surface area (TPSA) is 142 Å². The van der Waals surface area contributed by atoms with Crippen molar-refractivity contribution in [3.05, 3.63) is 59.7 Å². The molecule has 0 bridgehead atoms. The van der Waals surface area contributed by atoms with Crippen LogP contribution in [0.4, 0.5) is 0 Å². The number of hydrogen-bond donors (Lipinski definition) is 1. The Kier molecular flexibility index (Phi) is 6.23. The first-order valence-electron chi connectivity index (χ1n) is 9.01. The van der Waals surface area contributed by atoms with E-state index in [1.54, 1.807) is 4.90 Å². The quantitative estimate of drug-likeness (QED) is 0.696. The molecule has 30 heavy (non-hydrogen) atoms. The molecule has 0 saturated carbocycles. The van der Waals surface area contributed by atoms with Crippen molar-refractivity contribution in [2.24, 2.45) is 5.14 Å². The molecular weight excluding hydrogens is 428 g/mol. The zero-order valence-corrected chi connectivity index (χ0v) is 17.6. The van der Waals surface area contributed by atoms with Gasteiger partial charge in [0.15, 0.2) is 0 Å². The first-order chi connectivity index (χ1) is 14.1. The molecule has 2 aromatic rings. The fourth-order valence-electron chi connectivity index (χ4n) is 3.11. The van der Waals surface area contributed by atoms with Crippen molar-refractivity contribution < 1.29 is 21.6 Å². The van der Waals surface area contributed by atoms with Crippen LogP contribution >= 0.6 is 0 Å². The summed E-state index contributed by atoms with van der Waals surface area (Å²) in [6, 6.07) is 13.4. The lowest BCUT2D eigenvalue weighted by molar-refractivity contribution is -0.131. The molecule has 0 radical (unpaired) electrons. The van der Waals surface area contributed by atoms with Gasteiger partial charge in [-0.25, -0.2) is 22.0 Å². The van der Waals surface area contributed by atoms with Gasteiger partial charge >= 0.3 is 0 Å². The Balaban J connectivity index is 1.60. The molecule has 1 aliphatic rings. The van der Waals surface area contributed by atoms with Crippen LogP contribution in [-0.2, 0) is 31.3 Å². The second kappa shape index (κ2) is 8.53. The molecule has 2 aromatic carbocycles. The van der Waals surface area contributed by atoms with Crippen molar-refractivity contribution >= 4 is 26.0 Å². The van der Waals surface area contributed by atoms with E-state index in [1.807, 2.05) is 6.07 Å². The fourth-order valence-corrected chi connectivity index (χ4v) is 5.05. The van der Waals surface area contributed by atoms with Crippen molar-refractivity contribution in [2.45, 2.75) is 16.2 Å². The third-order valence-electron chi connectivity index (χ3n) is 4.82. The van der Waals surface area contributed by atoms with Crippen LogP contribution in [0, 0.1) is 11.3 Å². The number of carbonyl (C=O) groups is 1. The molecule has 3 rings (SSSR count). The summed E-state index contributed by atoms with van der Waals surface area (Å²) in [6.45, 7) is 0.837. The lowest BCUT2D eigenvalue weighted by atomic mass is 10.1. The molecule has 0 aliphatic carbocycles. The fraction of sp³-hybridized carbons (Fsp3) is 0.263. The maximum atomic E-state index is 12.7. The van der Waals surface area contributed by atoms with Gasteiger partial charge in [-0.1, -0.05) is 12.1 Å². The second-order valence-electron chi connectivity index (χ2n) is 6.79. The molecule has 158 valence electrons. The van der Waals surface area contributed by atoms with Crippen molar-refractivity contribution in [2.75, 3.05) is 26.2 Å². The van der Waals surface area contributed by atoms with Gasteiger partial charge in [0.25, 0.3) is 0 Å². The van der Waals surface area contributed by atoms with Crippen LogP contribution in [0.2, 0.25) is 0 Å². The Bertz CT molecular complexity index is 1180. The van der Waals surface area contributed by atoms with E-state index in [9.17, 15) is 21.6 Å². The molecular formula is C19H20N4O5S2. The summed E-state index contributed by atoms with van der Waals surface area (Å²) in [4.78, 5) is 14.2. The summed E-state index contributed by atoms with van der Waals surface area (Å²) in [6.07, 6.45) is 0.0767. The normalized spacial score (nSPS) is 15.5. The van der Waals surface area contributed by atoms with Gasteiger partial charge in [-0.3, -0.25) is 4.79 Å². The van der Waals surface area contributed by atoms with Crippen LogP contribution < -0.4 is 5.14 Å². The van der Waals surface area contributed by atoms with Gasteiger partial charge in [0.1, 0.15) is 0 Å².